The van der Waals surface area contributed by atoms with E-state index in [1.54, 1.807) is 6.08 Å². The summed E-state index contributed by atoms with van der Waals surface area (Å²) in [6.45, 7) is 9.27. The van der Waals surface area contributed by atoms with Crippen molar-refractivity contribution in [1.82, 2.24) is 0 Å². The first-order valence-corrected chi connectivity index (χ1v) is 5.27. The van der Waals surface area contributed by atoms with E-state index in [1.807, 2.05) is 6.92 Å². The van der Waals surface area contributed by atoms with Gasteiger partial charge in [0.25, 0.3) is 0 Å². The first kappa shape index (κ1) is 18.4. The van der Waals surface area contributed by atoms with E-state index in [4.69, 9.17) is 15.3 Å². The van der Waals surface area contributed by atoms with E-state index in [2.05, 4.69) is 20.4 Å². The van der Waals surface area contributed by atoms with Gasteiger partial charge in [-0.1, -0.05) is 26.0 Å². The monoisotopic (exact) mass is 253 g/mol. The van der Waals surface area contributed by atoms with E-state index in [0.717, 1.165) is 18.6 Å². The molecule has 0 saturated carbocycles. The molecule has 0 aromatic heterocycles. The molecule has 18 heavy (non-hydrogen) atoms. The summed E-state index contributed by atoms with van der Waals surface area (Å²) in [5.41, 5.74) is 1.43. The van der Waals surface area contributed by atoms with E-state index >= 15 is 0 Å². The standard InChI is InChI=1S/C9H14O.C3H4O2.CHNO/c1-7-4-8(10)6-9(2,3)5-7;1-2-3(4)5;2-1-3/h4H,5-6H2,1-3H3;2H,1H2,(H,4,5);2H. The molecule has 0 fully saturated rings. The summed E-state index contributed by atoms with van der Waals surface area (Å²) in [5.74, 6) is -0.696. The lowest BCUT2D eigenvalue weighted by molar-refractivity contribution is -0.131. The lowest BCUT2D eigenvalue weighted by atomic mass is 9.77. The average molecular weight is 253 g/mol. The van der Waals surface area contributed by atoms with Crippen LogP contribution in [0.4, 0.5) is 0 Å². The lowest BCUT2D eigenvalue weighted by Crippen LogP contribution is -2.20. The van der Waals surface area contributed by atoms with Crippen LogP contribution in [-0.2, 0) is 14.4 Å². The van der Waals surface area contributed by atoms with Crippen LogP contribution in [0.3, 0.4) is 0 Å². The van der Waals surface area contributed by atoms with Crippen molar-refractivity contribution in [2.24, 2.45) is 5.41 Å². The molecule has 0 bridgehead atoms. The van der Waals surface area contributed by atoms with Crippen LogP contribution in [0, 0.1) is 10.8 Å². The predicted molar refractivity (Wildman–Crippen MR) is 68.0 cm³/mol. The van der Waals surface area contributed by atoms with Crippen molar-refractivity contribution < 1.29 is 19.5 Å². The Balaban J connectivity index is 0. The smallest absolute Gasteiger partial charge is 0.327 e. The zero-order valence-corrected chi connectivity index (χ0v) is 10.9. The van der Waals surface area contributed by atoms with Crippen molar-refractivity contribution in [2.45, 2.75) is 33.6 Å². The minimum Gasteiger partial charge on any atom is -0.478 e. The lowest BCUT2D eigenvalue weighted by Gasteiger charge is -2.27. The molecule has 0 aromatic carbocycles. The van der Waals surface area contributed by atoms with Gasteiger partial charge in [0.15, 0.2) is 5.78 Å². The summed E-state index contributed by atoms with van der Waals surface area (Å²) in [7, 11) is 0. The van der Waals surface area contributed by atoms with Crippen molar-refractivity contribution in [1.29, 1.82) is 5.41 Å². The molecular weight excluding hydrogens is 234 g/mol. The van der Waals surface area contributed by atoms with Crippen LogP contribution in [0.1, 0.15) is 33.6 Å². The Morgan fingerprint density at radius 2 is 1.94 bits per heavy atom. The van der Waals surface area contributed by atoms with Crippen LogP contribution in [0.25, 0.3) is 0 Å². The molecule has 2 N–H and O–H groups in total. The largest absolute Gasteiger partial charge is 0.478 e. The first-order chi connectivity index (χ1) is 8.18. The number of carbonyl (C=O) groups is 2. The van der Waals surface area contributed by atoms with Crippen molar-refractivity contribution in [3.8, 4) is 0 Å². The average Bonchev–Trinajstić information content (AvgIpc) is 2.15. The molecule has 1 aliphatic carbocycles. The van der Waals surface area contributed by atoms with Gasteiger partial charge in [0.2, 0.25) is 6.08 Å². The minimum atomic E-state index is -0.981. The zero-order chi connectivity index (χ0) is 14.8. The van der Waals surface area contributed by atoms with E-state index in [-0.39, 0.29) is 11.2 Å². The first-order valence-electron chi connectivity index (χ1n) is 5.27. The fraction of sp³-hybridized carbons (Fsp3) is 0.462. The molecule has 0 amide bonds. The number of carbonyl (C=O) groups excluding carboxylic acids is 2. The Bertz CT molecular complexity index is 374. The number of hydrogen-bond donors (Lipinski definition) is 2. The highest BCUT2D eigenvalue weighted by Gasteiger charge is 2.25. The molecule has 1 aliphatic rings. The van der Waals surface area contributed by atoms with Crippen molar-refractivity contribution in [3.63, 3.8) is 0 Å². The molecule has 0 spiro atoms. The number of rotatable bonds is 1. The fourth-order valence-corrected chi connectivity index (χ4v) is 1.67. The number of isocyanates is 1. The molecule has 0 atom stereocenters. The Hall–Kier alpha value is -2.00. The third-order valence-corrected chi connectivity index (χ3v) is 1.99. The molecule has 0 radical (unpaired) electrons. The van der Waals surface area contributed by atoms with Gasteiger partial charge in [-0.15, -0.1) is 0 Å². The predicted octanol–water partition coefficient (Wildman–Crippen LogP) is 2.48. The summed E-state index contributed by atoms with van der Waals surface area (Å²) < 4.78 is 0. The van der Waals surface area contributed by atoms with Gasteiger partial charge in [-0.3, -0.25) is 4.79 Å². The minimum absolute atomic E-state index is 0.204. The molecule has 0 saturated heterocycles. The fourth-order valence-electron chi connectivity index (χ4n) is 1.67. The SMILES string of the molecule is C=CC(=O)O.CC1=CC(=O)CC(C)(C)C1.N=C=O. The van der Waals surface area contributed by atoms with Crippen LogP contribution in [0.5, 0.6) is 0 Å². The number of carboxylic acids is 1. The van der Waals surface area contributed by atoms with Crippen LogP contribution in [0.15, 0.2) is 24.3 Å². The van der Waals surface area contributed by atoms with E-state index < -0.39 is 5.97 Å². The summed E-state index contributed by atoms with van der Waals surface area (Å²) in [4.78, 5) is 28.6. The molecule has 0 heterocycles. The van der Waals surface area contributed by atoms with Gasteiger partial charge in [0.05, 0.1) is 0 Å². The van der Waals surface area contributed by atoms with Gasteiger partial charge in [-0.05, 0) is 24.8 Å². The summed E-state index contributed by atoms with van der Waals surface area (Å²) >= 11 is 0. The zero-order valence-electron chi connectivity index (χ0n) is 10.9. The third kappa shape index (κ3) is 12.1. The van der Waals surface area contributed by atoms with Crippen molar-refractivity contribution in [3.05, 3.63) is 24.3 Å². The maximum absolute atomic E-state index is 11.0. The molecule has 1 rings (SSSR count). The van der Waals surface area contributed by atoms with Crippen molar-refractivity contribution in [2.75, 3.05) is 0 Å². The second-order valence-corrected chi connectivity index (χ2v) is 4.62. The Morgan fingerprint density at radius 3 is 2.17 bits per heavy atom. The number of aliphatic carboxylic acids is 1. The van der Waals surface area contributed by atoms with E-state index in [1.165, 1.54) is 5.57 Å². The molecule has 0 aliphatic heterocycles. The Kier molecular flexibility index (Phi) is 9.26. The van der Waals surface area contributed by atoms with Crippen LogP contribution >= 0.6 is 0 Å². The van der Waals surface area contributed by atoms with E-state index in [9.17, 15) is 9.59 Å². The number of hydrogen-bond acceptors (Lipinski definition) is 4. The normalized spacial score (nSPS) is 15.7. The summed E-state index contributed by atoms with van der Waals surface area (Å²) in [6.07, 6.45) is 5.13. The molecule has 5 heteroatoms. The number of nitrogens with one attached hydrogen (secondary N) is 1. The number of allylic oxidation sites excluding steroid dienone is 2. The Morgan fingerprint density at radius 1 is 1.56 bits per heavy atom. The maximum Gasteiger partial charge on any atom is 0.327 e. The molecule has 0 unspecified atom stereocenters. The van der Waals surface area contributed by atoms with Crippen molar-refractivity contribution >= 4 is 17.8 Å². The van der Waals surface area contributed by atoms with Gasteiger partial charge >= 0.3 is 5.97 Å². The number of ketones is 1. The van der Waals surface area contributed by atoms with Gasteiger partial charge in [0, 0.05) is 12.5 Å². The van der Waals surface area contributed by atoms with Crippen LogP contribution < -0.4 is 0 Å². The topological polar surface area (TPSA) is 95.3 Å². The number of carboxylic acid groups (broad SMARTS) is 1. The second-order valence-electron chi connectivity index (χ2n) is 4.62. The van der Waals surface area contributed by atoms with Crippen LogP contribution in [0.2, 0.25) is 0 Å². The quantitative estimate of drug-likeness (QED) is 0.426. The highest BCUT2D eigenvalue weighted by Crippen LogP contribution is 2.32. The highest BCUT2D eigenvalue weighted by molar-refractivity contribution is 5.91. The van der Waals surface area contributed by atoms with Gasteiger partial charge in [0.1, 0.15) is 0 Å². The van der Waals surface area contributed by atoms with E-state index in [0.29, 0.717) is 6.42 Å². The maximum atomic E-state index is 11.0. The summed E-state index contributed by atoms with van der Waals surface area (Å²) in [5, 5.41) is 13.0. The van der Waals surface area contributed by atoms with Gasteiger partial charge in [-0.2, -0.15) is 0 Å². The Labute approximate surface area is 107 Å². The second kappa shape index (κ2) is 9.07. The molecule has 100 valence electrons. The highest BCUT2D eigenvalue weighted by atomic mass is 16.4. The molecule has 5 nitrogen and oxygen atoms in total. The van der Waals surface area contributed by atoms with Gasteiger partial charge in [-0.25, -0.2) is 15.0 Å². The molecular formula is C13H19NO4. The van der Waals surface area contributed by atoms with Crippen LogP contribution in [-0.4, -0.2) is 22.9 Å². The molecule has 0 aromatic rings. The third-order valence-electron chi connectivity index (χ3n) is 1.99. The summed E-state index contributed by atoms with van der Waals surface area (Å²) in [6, 6.07) is 0. The van der Waals surface area contributed by atoms with Gasteiger partial charge < -0.3 is 5.11 Å².